The van der Waals surface area contributed by atoms with Gasteiger partial charge in [-0.05, 0) is 12.1 Å². The van der Waals surface area contributed by atoms with Crippen LogP contribution in [0.3, 0.4) is 0 Å². The minimum atomic E-state index is -0.536. The number of hydrogen-bond donors (Lipinski definition) is 2. The molecule has 0 saturated carbocycles. The van der Waals surface area contributed by atoms with Crippen LogP contribution >= 0.6 is 0 Å². The Labute approximate surface area is 142 Å². The van der Waals surface area contributed by atoms with Gasteiger partial charge in [-0.2, -0.15) is 0 Å². The molecule has 1 fully saturated rings. The maximum atomic E-state index is 11.7. The molecular formula is C17H16N4O4. The average molecular weight is 340 g/mol. The lowest BCUT2D eigenvalue weighted by molar-refractivity contribution is -0.131. The number of imidazole rings is 1. The van der Waals surface area contributed by atoms with Crippen molar-refractivity contribution in [1.82, 2.24) is 14.7 Å². The van der Waals surface area contributed by atoms with E-state index < -0.39 is 5.91 Å². The van der Waals surface area contributed by atoms with Crippen LogP contribution in [0.1, 0.15) is 10.4 Å². The van der Waals surface area contributed by atoms with Gasteiger partial charge in [-0.1, -0.05) is 12.1 Å². The number of morpholine rings is 1. The molecular weight excluding hydrogens is 324 g/mol. The molecule has 1 unspecified atom stereocenters. The van der Waals surface area contributed by atoms with Gasteiger partial charge in [0.1, 0.15) is 24.6 Å². The van der Waals surface area contributed by atoms with Crippen LogP contribution in [0.15, 0.2) is 36.7 Å². The van der Waals surface area contributed by atoms with Crippen molar-refractivity contribution < 1.29 is 19.1 Å². The van der Waals surface area contributed by atoms with E-state index in [-0.39, 0.29) is 25.2 Å². The number of para-hydroxylation sites is 1. The third-order valence-corrected chi connectivity index (χ3v) is 4.08. The molecule has 2 aromatic heterocycles. The maximum Gasteiger partial charge on any atom is 0.252 e. The molecule has 1 aliphatic heterocycles. The van der Waals surface area contributed by atoms with E-state index >= 15 is 0 Å². The summed E-state index contributed by atoms with van der Waals surface area (Å²) in [7, 11) is 0. The number of primary amides is 1. The molecule has 3 heterocycles. The minimum absolute atomic E-state index is 0.0797. The third-order valence-electron chi connectivity index (χ3n) is 4.08. The molecule has 128 valence electrons. The number of fused-ring (bicyclic) bond motifs is 3. The van der Waals surface area contributed by atoms with Crippen molar-refractivity contribution in [2.75, 3.05) is 19.8 Å². The van der Waals surface area contributed by atoms with E-state index in [4.69, 9.17) is 15.2 Å². The summed E-state index contributed by atoms with van der Waals surface area (Å²) in [5.74, 6) is -0.0660. The highest BCUT2D eigenvalue weighted by Gasteiger charge is 2.20. The molecule has 4 rings (SSSR count). The zero-order valence-corrected chi connectivity index (χ0v) is 13.3. The zero-order valence-electron chi connectivity index (χ0n) is 13.3. The number of rotatable bonds is 4. The number of hydrogen-bond acceptors (Lipinski definition) is 5. The van der Waals surface area contributed by atoms with Gasteiger partial charge in [0.25, 0.3) is 5.91 Å². The SMILES string of the molecule is NC(=O)c1cc2cccc(OCC3COCC(=O)N3)c2n2ccnc12. The molecule has 1 atom stereocenters. The van der Waals surface area contributed by atoms with E-state index in [1.807, 2.05) is 18.2 Å². The Balaban J connectivity index is 1.73. The number of ether oxygens (including phenoxy) is 2. The minimum Gasteiger partial charge on any atom is -0.489 e. The molecule has 1 aliphatic rings. The number of carbonyl (C=O) groups excluding carboxylic acids is 2. The highest BCUT2D eigenvalue weighted by atomic mass is 16.5. The number of benzene rings is 1. The first kappa shape index (κ1) is 15.4. The van der Waals surface area contributed by atoms with Crippen LogP contribution in [0.25, 0.3) is 16.6 Å². The van der Waals surface area contributed by atoms with Crippen molar-refractivity contribution in [1.29, 1.82) is 0 Å². The number of nitrogens with one attached hydrogen (secondary N) is 1. The Hall–Kier alpha value is -3.13. The monoisotopic (exact) mass is 340 g/mol. The second kappa shape index (κ2) is 6.06. The van der Waals surface area contributed by atoms with Crippen LogP contribution in [0, 0.1) is 0 Å². The molecule has 8 heteroatoms. The molecule has 0 spiro atoms. The van der Waals surface area contributed by atoms with Gasteiger partial charge < -0.3 is 20.5 Å². The second-order valence-corrected chi connectivity index (χ2v) is 5.83. The van der Waals surface area contributed by atoms with E-state index in [0.717, 1.165) is 10.9 Å². The molecule has 0 radical (unpaired) electrons. The molecule has 8 nitrogen and oxygen atoms in total. The third kappa shape index (κ3) is 2.76. The Morgan fingerprint density at radius 3 is 3.16 bits per heavy atom. The highest BCUT2D eigenvalue weighted by molar-refractivity contribution is 6.03. The normalized spacial score (nSPS) is 17.6. The highest BCUT2D eigenvalue weighted by Crippen LogP contribution is 2.28. The molecule has 0 bridgehead atoms. The standard InChI is InChI=1S/C17H16N4O4/c18-16(23)12-6-10-2-1-3-13(15(10)21-5-4-19-17(12)21)25-8-11-7-24-9-14(22)20-11/h1-6,11H,7-9H2,(H2,18,23)(H,20,22). The van der Waals surface area contributed by atoms with Gasteiger partial charge in [0.15, 0.2) is 0 Å². The molecule has 2 amide bonds. The summed E-state index contributed by atoms with van der Waals surface area (Å²) < 4.78 is 12.9. The smallest absolute Gasteiger partial charge is 0.252 e. The van der Waals surface area contributed by atoms with Crippen LogP contribution in [-0.2, 0) is 9.53 Å². The summed E-state index contributed by atoms with van der Waals surface area (Å²) in [4.78, 5) is 27.3. The van der Waals surface area contributed by atoms with Crippen molar-refractivity contribution >= 4 is 28.4 Å². The first-order valence-electron chi connectivity index (χ1n) is 7.82. The first-order valence-corrected chi connectivity index (χ1v) is 7.82. The molecule has 25 heavy (non-hydrogen) atoms. The van der Waals surface area contributed by atoms with Crippen molar-refractivity contribution in [2.24, 2.45) is 5.73 Å². The summed E-state index contributed by atoms with van der Waals surface area (Å²) in [5, 5.41) is 3.63. The number of amides is 2. The Morgan fingerprint density at radius 2 is 2.36 bits per heavy atom. The fourth-order valence-corrected chi connectivity index (χ4v) is 3.00. The van der Waals surface area contributed by atoms with Gasteiger partial charge in [-0.25, -0.2) is 4.98 Å². The number of aromatic nitrogens is 2. The lowest BCUT2D eigenvalue weighted by Gasteiger charge is -2.23. The quantitative estimate of drug-likeness (QED) is 0.718. The predicted octanol–water partition coefficient (Wildman–Crippen LogP) is 0.480. The number of carbonyl (C=O) groups is 2. The topological polar surface area (TPSA) is 108 Å². The largest absolute Gasteiger partial charge is 0.489 e. The Morgan fingerprint density at radius 1 is 1.48 bits per heavy atom. The van der Waals surface area contributed by atoms with Crippen LogP contribution in [-0.4, -0.2) is 47.1 Å². The number of nitrogens with two attached hydrogens (primary N) is 1. The van der Waals surface area contributed by atoms with Crippen LogP contribution in [0.5, 0.6) is 5.75 Å². The summed E-state index contributed by atoms with van der Waals surface area (Å²) in [5.41, 5.74) is 7.07. The lowest BCUT2D eigenvalue weighted by atomic mass is 10.1. The fourth-order valence-electron chi connectivity index (χ4n) is 3.00. The summed E-state index contributed by atoms with van der Waals surface area (Å²) in [6, 6.07) is 7.04. The summed E-state index contributed by atoms with van der Waals surface area (Å²) >= 11 is 0. The van der Waals surface area contributed by atoms with Crippen molar-refractivity contribution in [3.8, 4) is 5.75 Å². The molecule has 3 aromatic rings. The van der Waals surface area contributed by atoms with Gasteiger partial charge in [0.05, 0.1) is 23.7 Å². The van der Waals surface area contributed by atoms with E-state index in [1.54, 1.807) is 22.9 Å². The Bertz CT molecular complexity index is 981. The van der Waals surface area contributed by atoms with E-state index in [2.05, 4.69) is 10.3 Å². The first-order chi connectivity index (χ1) is 12.1. The molecule has 3 N–H and O–H groups in total. The predicted molar refractivity (Wildman–Crippen MR) is 89.5 cm³/mol. The van der Waals surface area contributed by atoms with Gasteiger partial charge in [-0.15, -0.1) is 0 Å². The van der Waals surface area contributed by atoms with Crippen LogP contribution < -0.4 is 15.8 Å². The van der Waals surface area contributed by atoms with Crippen LogP contribution in [0.2, 0.25) is 0 Å². The van der Waals surface area contributed by atoms with Crippen molar-refractivity contribution in [2.45, 2.75) is 6.04 Å². The van der Waals surface area contributed by atoms with Crippen molar-refractivity contribution in [3.05, 3.63) is 42.2 Å². The summed E-state index contributed by atoms with van der Waals surface area (Å²) in [6.45, 7) is 0.762. The second-order valence-electron chi connectivity index (χ2n) is 5.83. The number of pyridine rings is 1. The van der Waals surface area contributed by atoms with Gasteiger partial charge in [-0.3, -0.25) is 14.0 Å². The number of nitrogens with zero attached hydrogens (tertiary/aromatic N) is 2. The lowest BCUT2D eigenvalue weighted by Crippen LogP contribution is -2.48. The van der Waals surface area contributed by atoms with Gasteiger partial charge in [0, 0.05) is 17.8 Å². The van der Waals surface area contributed by atoms with Crippen LogP contribution in [0.4, 0.5) is 0 Å². The Kier molecular flexibility index (Phi) is 3.73. The molecule has 0 aliphatic carbocycles. The maximum absolute atomic E-state index is 11.7. The molecule has 1 aromatic carbocycles. The molecule has 1 saturated heterocycles. The van der Waals surface area contributed by atoms with Gasteiger partial charge >= 0.3 is 0 Å². The van der Waals surface area contributed by atoms with E-state index in [0.29, 0.717) is 23.6 Å². The van der Waals surface area contributed by atoms with E-state index in [1.165, 1.54) is 0 Å². The average Bonchev–Trinajstić information content (AvgIpc) is 3.08. The zero-order chi connectivity index (χ0) is 17.4. The fraction of sp³-hybridized carbons (Fsp3) is 0.235. The van der Waals surface area contributed by atoms with Gasteiger partial charge in [0.2, 0.25) is 5.91 Å². The summed E-state index contributed by atoms with van der Waals surface area (Å²) in [6.07, 6.45) is 3.36. The van der Waals surface area contributed by atoms with E-state index in [9.17, 15) is 9.59 Å². The van der Waals surface area contributed by atoms with Crippen molar-refractivity contribution in [3.63, 3.8) is 0 Å².